The van der Waals surface area contributed by atoms with E-state index in [4.69, 9.17) is 14.7 Å². The van der Waals surface area contributed by atoms with Crippen LogP contribution in [0.3, 0.4) is 0 Å². The Hall–Kier alpha value is -3.37. The van der Waals surface area contributed by atoms with Crippen LogP contribution in [0.5, 0.6) is 11.5 Å². The van der Waals surface area contributed by atoms with E-state index in [-0.39, 0.29) is 5.91 Å². The van der Waals surface area contributed by atoms with Gasteiger partial charge in [0, 0.05) is 23.1 Å². The Morgan fingerprint density at radius 1 is 1.15 bits per heavy atom. The second kappa shape index (κ2) is 8.34. The molecule has 7 heteroatoms. The van der Waals surface area contributed by atoms with Crippen LogP contribution in [0.4, 0.5) is 5.13 Å². The molecule has 1 N–H and O–H groups in total. The van der Waals surface area contributed by atoms with Crippen LogP contribution >= 0.6 is 11.3 Å². The number of benzene rings is 2. The normalized spacial score (nSPS) is 10.1. The van der Waals surface area contributed by atoms with E-state index in [1.54, 1.807) is 43.6 Å². The first-order valence-corrected chi connectivity index (χ1v) is 8.91. The van der Waals surface area contributed by atoms with Crippen LogP contribution in [-0.2, 0) is 6.42 Å². The van der Waals surface area contributed by atoms with Gasteiger partial charge >= 0.3 is 0 Å². The highest BCUT2D eigenvalue weighted by Crippen LogP contribution is 2.28. The van der Waals surface area contributed by atoms with Crippen LogP contribution in [-0.4, -0.2) is 25.1 Å². The third-order valence-corrected chi connectivity index (χ3v) is 4.79. The Morgan fingerprint density at radius 2 is 1.89 bits per heavy atom. The quantitative estimate of drug-likeness (QED) is 0.703. The van der Waals surface area contributed by atoms with Gasteiger partial charge in [0.15, 0.2) is 16.6 Å². The highest BCUT2D eigenvalue weighted by Gasteiger charge is 2.13. The number of carbonyl (C=O) groups excluding carboxylic acids is 1. The lowest BCUT2D eigenvalue weighted by Gasteiger charge is -2.09. The summed E-state index contributed by atoms with van der Waals surface area (Å²) in [4.78, 5) is 17.7. The van der Waals surface area contributed by atoms with Crippen LogP contribution in [0.15, 0.2) is 48.7 Å². The number of carbonyl (C=O) groups is 1. The molecule has 0 spiro atoms. The molecule has 3 rings (SSSR count). The van der Waals surface area contributed by atoms with Crippen molar-refractivity contribution in [3.8, 4) is 17.6 Å². The Kier molecular flexibility index (Phi) is 5.69. The van der Waals surface area contributed by atoms with Crippen LogP contribution in [0, 0.1) is 11.3 Å². The fourth-order valence-electron chi connectivity index (χ4n) is 2.49. The van der Waals surface area contributed by atoms with E-state index in [0.29, 0.717) is 34.2 Å². The monoisotopic (exact) mass is 379 g/mol. The number of nitrogens with one attached hydrogen (secondary N) is 1. The van der Waals surface area contributed by atoms with Crippen LogP contribution in [0.1, 0.15) is 26.4 Å². The summed E-state index contributed by atoms with van der Waals surface area (Å²) >= 11 is 1.41. The molecule has 0 unspecified atom stereocenters. The van der Waals surface area contributed by atoms with Crippen molar-refractivity contribution in [1.29, 1.82) is 5.26 Å². The largest absolute Gasteiger partial charge is 0.493 e. The molecule has 0 atom stereocenters. The molecule has 3 aromatic rings. The number of hydrogen-bond donors (Lipinski definition) is 1. The molecule has 0 aliphatic rings. The highest BCUT2D eigenvalue weighted by molar-refractivity contribution is 7.15. The summed E-state index contributed by atoms with van der Waals surface area (Å²) < 4.78 is 10.4. The number of thiazole rings is 1. The number of nitrogens with zero attached hydrogens (tertiary/aromatic N) is 2. The minimum Gasteiger partial charge on any atom is -0.493 e. The topological polar surface area (TPSA) is 84.2 Å². The summed E-state index contributed by atoms with van der Waals surface area (Å²) in [6.45, 7) is 0. The first kappa shape index (κ1) is 18.4. The van der Waals surface area contributed by atoms with Gasteiger partial charge < -0.3 is 9.47 Å². The minimum atomic E-state index is -0.268. The molecule has 0 saturated carbocycles. The predicted octanol–water partition coefficient (Wildman–Crippen LogP) is 3.88. The first-order chi connectivity index (χ1) is 13.1. The zero-order valence-corrected chi connectivity index (χ0v) is 15.7. The number of rotatable bonds is 6. The van der Waals surface area contributed by atoms with Crippen molar-refractivity contribution in [3.05, 3.63) is 70.2 Å². The Labute approximate surface area is 161 Å². The average Bonchev–Trinajstić information content (AvgIpc) is 3.14. The molecular formula is C20H17N3O3S. The van der Waals surface area contributed by atoms with E-state index in [1.165, 1.54) is 18.4 Å². The van der Waals surface area contributed by atoms with Crippen molar-refractivity contribution in [1.82, 2.24) is 4.98 Å². The average molecular weight is 379 g/mol. The maximum Gasteiger partial charge on any atom is 0.257 e. The second-order valence-corrected chi connectivity index (χ2v) is 6.76. The lowest BCUT2D eigenvalue weighted by Crippen LogP contribution is -2.11. The van der Waals surface area contributed by atoms with Crippen molar-refractivity contribution < 1.29 is 14.3 Å². The zero-order valence-electron chi connectivity index (χ0n) is 14.9. The minimum absolute atomic E-state index is 0.268. The van der Waals surface area contributed by atoms with Gasteiger partial charge in [-0.05, 0) is 35.9 Å². The van der Waals surface area contributed by atoms with Crippen LogP contribution in [0.25, 0.3) is 0 Å². The molecule has 0 aliphatic heterocycles. The molecule has 27 heavy (non-hydrogen) atoms. The molecule has 136 valence electrons. The van der Waals surface area contributed by atoms with Crippen molar-refractivity contribution in [2.24, 2.45) is 0 Å². The second-order valence-electron chi connectivity index (χ2n) is 5.64. The van der Waals surface area contributed by atoms with Gasteiger partial charge in [-0.15, -0.1) is 11.3 Å². The maximum absolute atomic E-state index is 12.4. The van der Waals surface area contributed by atoms with E-state index in [9.17, 15) is 4.79 Å². The van der Waals surface area contributed by atoms with Crippen molar-refractivity contribution in [3.63, 3.8) is 0 Å². The van der Waals surface area contributed by atoms with Gasteiger partial charge in [-0.3, -0.25) is 10.1 Å². The molecule has 0 fully saturated rings. The number of ether oxygens (including phenoxy) is 2. The molecule has 0 saturated heterocycles. The molecule has 1 amide bonds. The van der Waals surface area contributed by atoms with Crippen LogP contribution in [0.2, 0.25) is 0 Å². The molecule has 0 bridgehead atoms. The van der Waals surface area contributed by atoms with Crippen LogP contribution < -0.4 is 14.8 Å². The third-order valence-electron chi connectivity index (χ3n) is 3.88. The van der Waals surface area contributed by atoms with Gasteiger partial charge in [0.05, 0.1) is 25.9 Å². The van der Waals surface area contributed by atoms with Crippen molar-refractivity contribution in [2.45, 2.75) is 6.42 Å². The Balaban J connectivity index is 1.68. The summed E-state index contributed by atoms with van der Waals surface area (Å²) in [5.74, 6) is 0.786. The van der Waals surface area contributed by atoms with E-state index in [1.807, 2.05) is 12.1 Å². The van der Waals surface area contributed by atoms with E-state index >= 15 is 0 Å². The molecule has 1 aromatic heterocycles. The third kappa shape index (κ3) is 4.43. The van der Waals surface area contributed by atoms with Gasteiger partial charge in [0.25, 0.3) is 5.91 Å². The number of amides is 1. The van der Waals surface area contributed by atoms with E-state index in [0.717, 1.165) is 10.4 Å². The van der Waals surface area contributed by atoms with Gasteiger partial charge in [0.2, 0.25) is 0 Å². The summed E-state index contributed by atoms with van der Waals surface area (Å²) in [6.07, 6.45) is 2.43. The fraction of sp³-hybridized carbons (Fsp3) is 0.150. The Bertz CT molecular complexity index is 990. The molecule has 2 aromatic carbocycles. The van der Waals surface area contributed by atoms with Gasteiger partial charge in [0.1, 0.15) is 0 Å². The summed E-state index contributed by atoms with van der Waals surface area (Å²) in [5, 5.41) is 12.2. The number of hydrogen-bond acceptors (Lipinski definition) is 6. The molecule has 6 nitrogen and oxygen atoms in total. The number of anilines is 1. The summed E-state index contributed by atoms with van der Waals surface area (Å²) in [5.41, 5.74) is 2.16. The number of nitriles is 1. The maximum atomic E-state index is 12.4. The lowest BCUT2D eigenvalue weighted by molar-refractivity contribution is 0.102. The predicted molar refractivity (Wildman–Crippen MR) is 104 cm³/mol. The SMILES string of the molecule is COc1ccc(C(=O)Nc2ncc(Cc3ccc(C#N)cc3)s2)cc1OC. The molecular weight excluding hydrogens is 362 g/mol. The summed E-state index contributed by atoms with van der Waals surface area (Å²) in [6, 6.07) is 14.5. The number of aromatic nitrogens is 1. The fourth-order valence-corrected chi connectivity index (χ4v) is 3.33. The van der Waals surface area contributed by atoms with Crippen molar-refractivity contribution in [2.75, 3.05) is 19.5 Å². The lowest BCUT2D eigenvalue weighted by atomic mass is 10.1. The van der Waals surface area contributed by atoms with Gasteiger partial charge in [-0.1, -0.05) is 12.1 Å². The smallest absolute Gasteiger partial charge is 0.257 e. The Morgan fingerprint density at radius 3 is 2.56 bits per heavy atom. The number of methoxy groups -OCH3 is 2. The molecule has 0 aliphatic carbocycles. The molecule has 0 radical (unpaired) electrons. The summed E-state index contributed by atoms with van der Waals surface area (Å²) in [7, 11) is 3.07. The zero-order chi connectivity index (χ0) is 19.2. The molecule has 1 heterocycles. The van der Waals surface area contributed by atoms with Gasteiger partial charge in [-0.25, -0.2) is 4.98 Å². The standard InChI is InChI=1S/C20H17N3O3S/c1-25-17-8-7-15(10-18(17)26-2)19(24)23-20-22-12-16(27-20)9-13-3-5-14(11-21)6-4-13/h3-8,10,12H,9H2,1-2H3,(H,22,23,24). The first-order valence-electron chi connectivity index (χ1n) is 8.10. The van der Waals surface area contributed by atoms with Crippen molar-refractivity contribution >= 4 is 22.4 Å². The van der Waals surface area contributed by atoms with E-state index < -0.39 is 0 Å². The van der Waals surface area contributed by atoms with E-state index in [2.05, 4.69) is 16.4 Å². The highest BCUT2D eigenvalue weighted by atomic mass is 32.1. The van der Waals surface area contributed by atoms with Gasteiger partial charge in [-0.2, -0.15) is 5.26 Å².